The van der Waals surface area contributed by atoms with E-state index in [-0.39, 0.29) is 5.91 Å². The van der Waals surface area contributed by atoms with E-state index in [1.165, 1.54) is 6.92 Å². The number of amides is 3. The van der Waals surface area contributed by atoms with Crippen LogP contribution in [0.3, 0.4) is 0 Å². The third-order valence-electron chi connectivity index (χ3n) is 1.86. The van der Waals surface area contributed by atoms with E-state index < -0.39 is 12.1 Å². The van der Waals surface area contributed by atoms with Crippen molar-refractivity contribution in [1.29, 1.82) is 0 Å². The van der Waals surface area contributed by atoms with Crippen molar-refractivity contribution in [3.63, 3.8) is 0 Å². The monoisotopic (exact) mass is 241 g/mol. The molecule has 5 nitrogen and oxygen atoms in total. The number of hydrogen-bond donors (Lipinski definition) is 3. The van der Waals surface area contributed by atoms with E-state index in [4.69, 9.17) is 17.3 Å². The molecule has 1 aromatic rings. The first kappa shape index (κ1) is 12.3. The number of anilines is 1. The Morgan fingerprint density at radius 3 is 2.38 bits per heavy atom. The Labute approximate surface area is 98.0 Å². The highest BCUT2D eigenvalue weighted by Gasteiger charge is 2.13. The molecule has 0 aliphatic rings. The topological polar surface area (TPSA) is 84.2 Å². The lowest BCUT2D eigenvalue weighted by Gasteiger charge is -2.12. The summed E-state index contributed by atoms with van der Waals surface area (Å²) in [6.07, 6.45) is 0. The van der Waals surface area contributed by atoms with Crippen LogP contribution in [0.25, 0.3) is 0 Å². The second kappa shape index (κ2) is 5.37. The molecule has 6 heteroatoms. The summed E-state index contributed by atoms with van der Waals surface area (Å²) in [7, 11) is 0. The van der Waals surface area contributed by atoms with Crippen molar-refractivity contribution in [1.82, 2.24) is 5.32 Å². The van der Waals surface area contributed by atoms with Gasteiger partial charge in [-0.15, -0.1) is 0 Å². The Hall–Kier alpha value is -1.75. The summed E-state index contributed by atoms with van der Waals surface area (Å²) in [6, 6.07) is 5.22. The van der Waals surface area contributed by atoms with Crippen molar-refractivity contribution in [2.75, 3.05) is 5.32 Å². The molecule has 0 saturated heterocycles. The molecule has 0 bridgehead atoms. The maximum atomic E-state index is 11.5. The van der Waals surface area contributed by atoms with Crippen molar-refractivity contribution in [2.24, 2.45) is 5.73 Å². The van der Waals surface area contributed by atoms with Crippen molar-refractivity contribution >= 4 is 29.2 Å². The molecule has 1 rings (SSSR count). The summed E-state index contributed by atoms with van der Waals surface area (Å²) in [5, 5.41) is 5.47. The van der Waals surface area contributed by atoms with Gasteiger partial charge in [-0.3, -0.25) is 4.79 Å². The van der Waals surface area contributed by atoms with E-state index in [1.54, 1.807) is 24.3 Å². The van der Waals surface area contributed by atoms with Crippen LogP contribution in [0.2, 0.25) is 5.02 Å². The van der Waals surface area contributed by atoms with Gasteiger partial charge in [-0.05, 0) is 31.2 Å². The molecule has 0 radical (unpaired) electrons. The smallest absolute Gasteiger partial charge is 0.312 e. The molecule has 1 unspecified atom stereocenters. The standard InChI is InChI=1S/C10H12ClN3O2/c1-6(13-10(12)16)9(15)14-8-4-2-7(11)3-5-8/h2-6H,1H3,(H,14,15)(H3,12,13,16). The summed E-state index contributed by atoms with van der Waals surface area (Å²) >= 11 is 5.69. The molecule has 0 heterocycles. The van der Waals surface area contributed by atoms with Gasteiger partial charge in [0.05, 0.1) is 0 Å². The predicted molar refractivity (Wildman–Crippen MR) is 62.3 cm³/mol. The van der Waals surface area contributed by atoms with E-state index in [2.05, 4.69) is 10.6 Å². The highest BCUT2D eigenvalue weighted by atomic mass is 35.5. The van der Waals surface area contributed by atoms with Crippen LogP contribution in [0.1, 0.15) is 6.92 Å². The minimum absolute atomic E-state index is 0.346. The summed E-state index contributed by atoms with van der Waals surface area (Å²) in [5.74, 6) is -0.346. The maximum Gasteiger partial charge on any atom is 0.312 e. The first-order valence-electron chi connectivity index (χ1n) is 4.61. The second-order valence-corrected chi connectivity index (χ2v) is 3.66. The van der Waals surface area contributed by atoms with Crippen LogP contribution < -0.4 is 16.4 Å². The summed E-state index contributed by atoms with van der Waals surface area (Å²) in [6.45, 7) is 1.54. The Balaban J connectivity index is 2.57. The van der Waals surface area contributed by atoms with E-state index >= 15 is 0 Å². The molecule has 0 aliphatic carbocycles. The van der Waals surface area contributed by atoms with Crippen LogP contribution >= 0.6 is 11.6 Å². The molecule has 0 spiro atoms. The van der Waals surface area contributed by atoms with Crippen LogP contribution in [-0.4, -0.2) is 18.0 Å². The Morgan fingerprint density at radius 2 is 1.88 bits per heavy atom. The molecule has 3 amide bonds. The Bertz CT molecular complexity index is 392. The quantitative estimate of drug-likeness (QED) is 0.746. The average molecular weight is 242 g/mol. The molecule has 0 aromatic heterocycles. The molecular formula is C10H12ClN3O2. The zero-order chi connectivity index (χ0) is 12.1. The van der Waals surface area contributed by atoms with Gasteiger partial charge in [0.15, 0.2) is 0 Å². The molecule has 4 N–H and O–H groups in total. The van der Waals surface area contributed by atoms with Gasteiger partial charge in [0.2, 0.25) is 5.91 Å². The highest BCUT2D eigenvalue weighted by molar-refractivity contribution is 6.30. The van der Waals surface area contributed by atoms with Gasteiger partial charge in [-0.1, -0.05) is 11.6 Å². The lowest BCUT2D eigenvalue weighted by Crippen LogP contribution is -2.44. The number of urea groups is 1. The fourth-order valence-electron chi connectivity index (χ4n) is 1.06. The second-order valence-electron chi connectivity index (χ2n) is 3.23. The van der Waals surface area contributed by atoms with Gasteiger partial charge in [-0.2, -0.15) is 0 Å². The first-order chi connectivity index (χ1) is 7.49. The molecular weight excluding hydrogens is 230 g/mol. The number of primary amides is 1. The number of benzene rings is 1. The molecule has 0 saturated carbocycles. The van der Waals surface area contributed by atoms with Crippen LogP contribution in [0.4, 0.5) is 10.5 Å². The van der Waals surface area contributed by atoms with E-state index in [0.717, 1.165) is 0 Å². The average Bonchev–Trinajstić information content (AvgIpc) is 2.20. The SMILES string of the molecule is CC(NC(N)=O)C(=O)Nc1ccc(Cl)cc1. The molecule has 1 aromatic carbocycles. The number of nitrogens with one attached hydrogen (secondary N) is 2. The third kappa shape index (κ3) is 3.78. The maximum absolute atomic E-state index is 11.5. The fraction of sp³-hybridized carbons (Fsp3) is 0.200. The zero-order valence-corrected chi connectivity index (χ0v) is 9.41. The number of halogens is 1. The molecule has 86 valence electrons. The summed E-state index contributed by atoms with van der Waals surface area (Å²) < 4.78 is 0. The van der Waals surface area contributed by atoms with E-state index in [9.17, 15) is 9.59 Å². The zero-order valence-electron chi connectivity index (χ0n) is 8.66. The first-order valence-corrected chi connectivity index (χ1v) is 4.99. The lowest BCUT2D eigenvalue weighted by atomic mass is 10.2. The highest BCUT2D eigenvalue weighted by Crippen LogP contribution is 2.13. The molecule has 16 heavy (non-hydrogen) atoms. The number of nitrogens with two attached hydrogens (primary N) is 1. The Morgan fingerprint density at radius 1 is 1.31 bits per heavy atom. The van der Waals surface area contributed by atoms with Gasteiger partial charge in [0.1, 0.15) is 6.04 Å². The molecule has 1 atom stereocenters. The van der Waals surface area contributed by atoms with E-state index in [1.807, 2.05) is 0 Å². The predicted octanol–water partition coefficient (Wildman–Crippen LogP) is 1.34. The summed E-state index contributed by atoms with van der Waals surface area (Å²) in [5.41, 5.74) is 5.50. The largest absolute Gasteiger partial charge is 0.352 e. The van der Waals surface area contributed by atoms with Crippen molar-refractivity contribution in [3.05, 3.63) is 29.3 Å². The fourth-order valence-corrected chi connectivity index (χ4v) is 1.19. The number of carbonyl (C=O) groups is 2. The van der Waals surface area contributed by atoms with Gasteiger partial charge < -0.3 is 16.4 Å². The minimum atomic E-state index is -0.737. The third-order valence-corrected chi connectivity index (χ3v) is 2.12. The van der Waals surface area contributed by atoms with Crippen LogP contribution in [0, 0.1) is 0 Å². The van der Waals surface area contributed by atoms with Crippen molar-refractivity contribution in [3.8, 4) is 0 Å². The number of hydrogen-bond acceptors (Lipinski definition) is 2. The van der Waals surface area contributed by atoms with Gasteiger partial charge in [0.25, 0.3) is 0 Å². The molecule has 0 fully saturated rings. The van der Waals surface area contributed by atoms with E-state index in [0.29, 0.717) is 10.7 Å². The minimum Gasteiger partial charge on any atom is -0.352 e. The Kier molecular flexibility index (Phi) is 4.13. The lowest BCUT2D eigenvalue weighted by molar-refractivity contribution is -0.117. The van der Waals surface area contributed by atoms with Crippen molar-refractivity contribution in [2.45, 2.75) is 13.0 Å². The number of carbonyl (C=O) groups excluding carboxylic acids is 2. The van der Waals surface area contributed by atoms with Crippen LogP contribution in [-0.2, 0) is 4.79 Å². The van der Waals surface area contributed by atoms with Crippen molar-refractivity contribution < 1.29 is 9.59 Å². The van der Waals surface area contributed by atoms with Crippen LogP contribution in [0.15, 0.2) is 24.3 Å². The molecule has 0 aliphatic heterocycles. The van der Waals surface area contributed by atoms with Gasteiger partial charge in [-0.25, -0.2) is 4.79 Å². The summed E-state index contributed by atoms with van der Waals surface area (Å²) in [4.78, 5) is 22.0. The van der Waals surface area contributed by atoms with Gasteiger partial charge >= 0.3 is 6.03 Å². The van der Waals surface area contributed by atoms with Gasteiger partial charge in [0, 0.05) is 10.7 Å². The van der Waals surface area contributed by atoms with Crippen LogP contribution in [0.5, 0.6) is 0 Å². The normalized spacial score (nSPS) is 11.6. The number of rotatable bonds is 3.